The van der Waals surface area contributed by atoms with Crippen LogP contribution in [0.2, 0.25) is 0 Å². The minimum atomic E-state index is -1.21. The first-order valence-electron chi connectivity index (χ1n) is 16.5. The van der Waals surface area contributed by atoms with Gasteiger partial charge in [0, 0.05) is 18.5 Å². The lowest BCUT2D eigenvalue weighted by Crippen LogP contribution is -2.55. The van der Waals surface area contributed by atoms with Crippen molar-refractivity contribution in [3.05, 3.63) is 71.3 Å². The van der Waals surface area contributed by atoms with Crippen molar-refractivity contribution in [3.8, 4) is 12.3 Å². The molecule has 262 valence electrons. The van der Waals surface area contributed by atoms with Gasteiger partial charge in [-0.2, -0.15) is 11.8 Å². The summed E-state index contributed by atoms with van der Waals surface area (Å²) in [5.74, 6) is 1.59. The van der Waals surface area contributed by atoms with Crippen LogP contribution in [-0.4, -0.2) is 70.6 Å². The van der Waals surface area contributed by atoms with Gasteiger partial charge in [-0.05, 0) is 83.6 Å². The summed E-state index contributed by atoms with van der Waals surface area (Å²) < 4.78 is 11.2. The lowest BCUT2D eigenvalue weighted by Gasteiger charge is -2.36. The van der Waals surface area contributed by atoms with Crippen LogP contribution in [0.5, 0.6) is 0 Å². The molecule has 0 fully saturated rings. The highest BCUT2D eigenvalue weighted by Gasteiger charge is 2.39. The second kappa shape index (κ2) is 19.1. The molecule has 0 aromatic heterocycles. The van der Waals surface area contributed by atoms with E-state index < -0.39 is 53.2 Å². The quantitative estimate of drug-likeness (QED) is 0.119. The summed E-state index contributed by atoms with van der Waals surface area (Å²) in [5.41, 5.74) is 0.117. The number of nitrogens with one attached hydrogen (secondary N) is 2. The maximum Gasteiger partial charge on any atom is 0.408 e. The van der Waals surface area contributed by atoms with Crippen LogP contribution >= 0.6 is 11.8 Å². The number of nitrogens with zero attached hydrogens (tertiary/aromatic N) is 1. The number of benzene rings is 2. The second-order valence-corrected chi connectivity index (χ2v) is 14.6. The van der Waals surface area contributed by atoms with Crippen molar-refractivity contribution in [2.75, 3.05) is 18.6 Å². The van der Waals surface area contributed by atoms with E-state index in [1.54, 1.807) is 65.8 Å². The minimum absolute atomic E-state index is 0.172. The van der Waals surface area contributed by atoms with Crippen LogP contribution in [0.1, 0.15) is 96.9 Å². The molecule has 2 aromatic carbocycles. The molecule has 2 N–H and O–H groups in total. The summed E-state index contributed by atoms with van der Waals surface area (Å²) in [6.45, 7) is 12.8. The molecule has 0 radical (unpaired) electrons. The predicted octanol–water partition coefficient (Wildman–Crippen LogP) is 6.44. The van der Waals surface area contributed by atoms with Crippen molar-refractivity contribution in [3.63, 3.8) is 0 Å². The van der Waals surface area contributed by atoms with E-state index in [0.717, 1.165) is 18.4 Å². The molecule has 10 heteroatoms. The fraction of sp³-hybridized carbons (Fsp3) is 0.526. The van der Waals surface area contributed by atoms with Gasteiger partial charge < -0.3 is 25.0 Å². The summed E-state index contributed by atoms with van der Waals surface area (Å²) in [6, 6.07) is 13.0. The molecule has 0 spiro atoms. The third kappa shape index (κ3) is 13.6. The van der Waals surface area contributed by atoms with E-state index >= 15 is 0 Å². The molecule has 0 saturated heterocycles. The lowest BCUT2D eigenvalue weighted by molar-refractivity contribution is -0.159. The van der Waals surface area contributed by atoms with Gasteiger partial charge in [0.1, 0.15) is 29.3 Å². The number of unbranched alkanes of at least 4 members (excludes halogenated alkanes) is 2. The van der Waals surface area contributed by atoms with Crippen LogP contribution in [-0.2, 0) is 30.3 Å². The van der Waals surface area contributed by atoms with Crippen molar-refractivity contribution in [2.24, 2.45) is 0 Å². The van der Waals surface area contributed by atoms with Gasteiger partial charge >= 0.3 is 12.1 Å². The van der Waals surface area contributed by atoms with Gasteiger partial charge in [0.15, 0.2) is 0 Å². The topological polar surface area (TPSA) is 114 Å². The number of esters is 1. The Morgan fingerprint density at radius 1 is 0.875 bits per heavy atom. The monoisotopic (exact) mass is 679 g/mol. The van der Waals surface area contributed by atoms with Crippen molar-refractivity contribution < 1.29 is 28.7 Å². The van der Waals surface area contributed by atoms with Crippen molar-refractivity contribution >= 4 is 35.6 Å². The van der Waals surface area contributed by atoms with E-state index in [-0.39, 0.29) is 13.0 Å². The van der Waals surface area contributed by atoms with Gasteiger partial charge in [0.05, 0.1) is 0 Å². The predicted molar refractivity (Wildman–Crippen MR) is 192 cm³/mol. The molecular weight excluding hydrogens is 627 g/mol. The van der Waals surface area contributed by atoms with Crippen LogP contribution in [0.15, 0.2) is 54.6 Å². The number of carbonyl (C=O) groups is 4. The summed E-state index contributed by atoms with van der Waals surface area (Å²) in [5, 5.41) is 5.68. The average Bonchev–Trinajstić information content (AvgIpc) is 3.01. The Kier molecular flexibility index (Phi) is 16.0. The Labute approximate surface area is 291 Å². The Bertz CT molecular complexity index is 1390. The van der Waals surface area contributed by atoms with E-state index in [1.807, 2.05) is 43.5 Å². The molecule has 2 rings (SSSR count). The fourth-order valence-electron chi connectivity index (χ4n) is 5.03. The summed E-state index contributed by atoms with van der Waals surface area (Å²) >= 11 is 1.53. The number of terminal acetylenes is 1. The van der Waals surface area contributed by atoms with E-state index in [0.29, 0.717) is 29.7 Å². The largest absolute Gasteiger partial charge is 0.458 e. The maximum atomic E-state index is 14.6. The zero-order chi connectivity index (χ0) is 35.9. The standard InChI is InChI=1S/C38H53N3O6S/c1-10-12-18-24-41(34(43)30(23-25-48-9)40-36(45)47-38(6,7)8)32(29-22-17-16-21-28(29)11-2)33(42)39-31(35(44)46-37(3,4)5)26-27-19-14-13-15-20-27/h2,13-17,19-22,30-32H,10,12,18,23-26H2,1,3-9H3,(H,39,42)(H,40,45). The second-order valence-electron chi connectivity index (χ2n) is 13.6. The average molecular weight is 680 g/mol. The smallest absolute Gasteiger partial charge is 0.408 e. The number of ether oxygens (including phenoxy) is 2. The van der Waals surface area contributed by atoms with Crippen molar-refractivity contribution in [1.82, 2.24) is 15.5 Å². The molecule has 9 nitrogen and oxygen atoms in total. The number of carbonyl (C=O) groups excluding carboxylic acids is 4. The van der Waals surface area contributed by atoms with E-state index in [1.165, 1.54) is 16.7 Å². The molecule has 0 saturated carbocycles. The first kappa shape index (κ1) is 40.2. The molecule has 0 bridgehead atoms. The van der Waals surface area contributed by atoms with Gasteiger partial charge in [0.2, 0.25) is 11.8 Å². The third-order valence-corrected chi connectivity index (χ3v) is 7.79. The molecule has 2 aromatic rings. The molecule has 0 aliphatic carbocycles. The van der Waals surface area contributed by atoms with Gasteiger partial charge in [-0.15, -0.1) is 6.42 Å². The van der Waals surface area contributed by atoms with Crippen molar-refractivity contribution in [1.29, 1.82) is 0 Å². The first-order valence-corrected chi connectivity index (χ1v) is 17.9. The first-order chi connectivity index (χ1) is 22.6. The van der Waals surface area contributed by atoms with Crippen molar-refractivity contribution in [2.45, 2.75) is 110 Å². The number of rotatable bonds is 16. The van der Waals surface area contributed by atoms with Crippen LogP contribution in [0.4, 0.5) is 4.79 Å². The zero-order valence-electron chi connectivity index (χ0n) is 29.8. The molecule has 48 heavy (non-hydrogen) atoms. The Balaban J connectivity index is 2.67. The zero-order valence-corrected chi connectivity index (χ0v) is 30.6. The molecule has 0 heterocycles. The highest BCUT2D eigenvalue weighted by molar-refractivity contribution is 7.98. The van der Waals surface area contributed by atoms with Crippen LogP contribution in [0, 0.1) is 12.3 Å². The van der Waals surface area contributed by atoms with Gasteiger partial charge in [-0.25, -0.2) is 9.59 Å². The number of thioether (sulfide) groups is 1. The number of amides is 3. The Morgan fingerprint density at radius 3 is 2.08 bits per heavy atom. The molecule has 0 aliphatic heterocycles. The lowest BCUT2D eigenvalue weighted by atomic mass is 9.96. The van der Waals surface area contributed by atoms with E-state index in [9.17, 15) is 19.2 Å². The summed E-state index contributed by atoms with van der Waals surface area (Å²) in [7, 11) is 0. The van der Waals surface area contributed by atoms with Gasteiger partial charge in [0.25, 0.3) is 0 Å². The van der Waals surface area contributed by atoms with Crippen LogP contribution < -0.4 is 10.6 Å². The Hall–Kier alpha value is -3.97. The Morgan fingerprint density at radius 2 is 1.50 bits per heavy atom. The summed E-state index contributed by atoms with van der Waals surface area (Å²) in [6.07, 6.45) is 9.87. The summed E-state index contributed by atoms with van der Waals surface area (Å²) in [4.78, 5) is 57.2. The van der Waals surface area contributed by atoms with Crippen LogP contribution in [0.25, 0.3) is 0 Å². The molecule has 3 unspecified atom stereocenters. The van der Waals surface area contributed by atoms with E-state index in [2.05, 4.69) is 16.6 Å². The van der Waals surface area contributed by atoms with Crippen LogP contribution in [0.3, 0.4) is 0 Å². The molecule has 3 amide bonds. The SMILES string of the molecule is C#Cc1ccccc1C(C(=O)NC(Cc1ccccc1)C(=O)OC(C)(C)C)N(CCCCC)C(=O)C(CCSC)NC(=O)OC(C)(C)C. The number of hydrogen-bond acceptors (Lipinski definition) is 7. The minimum Gasteiger partial charge on any atom is -0.458 e. The molecule has 3 atom stereocenters. The third-order valence-electron chi connectivity index (χ3n) is 7.15. The maximum absolute atomic E-state index is 14.6. The van der Waals surface area contributed by atoms with Gasteiger partial charge in [-0.1, -0.05) is 74.2 Å². The number of hydrogen-bond donors (Lipinski definition) is 2. The fourth-order valence-corrected chi connectivity index (χ4v) is 5.50. The highest BCUT2D eigenvalue weighted by Crippen LogP contribution is 2.28. The highest BCUT2D eigenvalue weighted by atomic mass is 32.2. The van der Waals surface area contributed by atoms with E-state index in [4.69, 9.17) is 15.9 Å². The van der Waals surface area contributed by atoms with Gasteiger partial charge in [-0.3, -0.25) is 9.59 Å². The normalized spacial score (nSPS) is 13.3. The molecular formula is C38H53N3O6S. The number of alkyl carbamates (subject to hydrolysis) is 1. The molecule has 0 aliphatic rings.